The molecule has 4 heteroatoms. The van der Waals surface area contributed by atoms with Crippen LogP contribution >= 0.6 is 0 Å². The fraction of sp³-hybridized carbons (Fsp3) is 0.833. The van der Waals surface area contributed by atoms with Crippen LogP contribution in [0.3, 0.4) is 0 Å². The van der Waals surface area contributed by atoms with Gasteiger partial charge in [0.15, 0.2) is 5.78 Å². The summed E-state index contributed by atoms with van der Waals surface area (Å²) >= 11 is 0. The van der Waals surface area contributed by atoms with Gasteiger partial charge in [-0.2, -0.15) is 0 Å². The number of amides is 1. The molecule has 0 aromatic rings. The van der Waals surface area contributed by atoms with Gasteiger partial charge >= 0.3 is 6.09 Å². The highest BCUT2D eigenvalue weighted by Crippen LogP contribution is 2.25. The standard InChI is InChI=1S/C12H21NO3/c1-8-6-10(9(2)14)13(7-8)11(15)16-12(3,4)5/h8,10H,6-7H2,1-5H3/t8-,10?/m1/s1. The number of likely N-dealkylation sites (tertiary alicyclic amines) is 1. The van der Waals surface area contributed by atoms with Gasteiger partial charge in [0.1, 0.15) is 5.60 Å². The fourth-order valence-corrected chi connectivity index (χ4v) is 1.95. The molecule has 16 heavy (non-hydrogen) atoms. The van der Waals surface area contributed by atoms with Crippen molar-refractivity contribution in [2.45, 2.75) is 52.7 Å². The molecule has 0 aromatic heterocycles. The molecule has 1 unspecified atom stereocenters. The third-order valence-corrected chi connectivity index (χ3v) is 2.61. The van der Waals surface area contributed by atoms with Crippen LogP contribution in [0, 0.1) is 5.92 Å². The normalized spacial score (nSPS) is 25.7. The topological polar surface area (TPSA) is 46.6 Å². The maximum atomic E-state index is 11.9. The molecule has 1 aliphatic rings. The van der Waals surface area contributed by atoms with Crippen molar-refractivity contribution in [1.82, 2.24) is 4.90 Å². The molecule has 1 saturated heterocycles. The highest BCUT2D eigenvalue weighted by atomic mass is 16.6. The van der Waals surface area contributed by atoms with Crippen LogP contribution in [0.2, 0.25) is 0 Å². The summed E-state index contributed by atoms with van der Waals surface area (Å²) in [7, 11) is 0. The molecular weight excluding hydrogens is 206 g/mol. The largest absolute Gasteiger partial charge is 0.444 e. The second-order valence-corrected chi connectivity index (χ2v) is 5.60. The predicted octanol–water partition coefficient (Wildman–Crippen LogP) is 2.22. The van der Waals surface area contributed by atoms with Crippen LogP contribution in [0.4, 0.5) is 4.79 Å². The third kappa shape index (κ3) is 3.22. The Kier molecular flexibility index (Phi) is 3.61. The lowest BCUT2D eigenvalue weighted by molar-refractivity contribution is -0.121. The van der Waals surface area contributed by atoms with Gasteiger partial charge in [-0.3, -0.25) is 9.69 Å². The predicted molar refractivity (Wildman–Crippen MR) is 61.2 cm³/mol. The van der Waals surface area contributed by atoms with E-state index >= 15 is 0 Å². The molecule has 0 bridgehead atoms. The van der Waals surface area contributed by atoms with E-state index in [-0.39, 0.29) is 17.9 Å². The van der Waals surface area contributed by atoms with Crippen molar-refractivity contribution in [2.75, 3.05) is 6.54 Å². The number of nitrogens with zero attached hydrogens (tertiary/aromatic N) is 1. The number of hydrogen-bond acceptors (Lipinski definition) is 3. The highest BCUT2D eigenvalue weighted by molar-refractivity contribution is 5.86. The molecule has 0 aliphatic carbocycles. The van der Waals surface area contributed by atoms with E-state index < -0.39 is 5.60 Å². The molecule has 1 rings (SSSR count). The summed E-state index contributed by atoms with van der Waals surface area (Å²) in [6, 6.07) is -0.301. The minimum Gasteiger partial charge on any atom is -0.444 e. The molecule has 92 valence electrons. The van der Waals surface area contributed by atoms with Gasteiger partial charge in [0.2, 0.25) is 0 Å². The monoisotopic (exact) mass is 227 g/mol. The minimum atomic E-state index is -0.510. The van der Waals surface area contributed by atoms with Gasteiger partial charge in [0.25, 0.3) is 0 Å². The first-order valence-electron chi connectivity index (χ1n) is 5.71. The second kappa shape index (κ2) is 4.44. The Morgan fingerprint density at radius 3 is 2.31 bits per heavy atom. The Morgan fingerprint density at radius 1 is 1.31 bits per heavy atom. The summed E-state index contributed by atoms with van der Waals surface area (Å²) in [4.78, 5) is 24.8. The first-order chi connectivity index (χ1) is 7.20. The zero-order chi connectivity index (χ0) is 12.5. The van der Waals surface area contributed by atoms with Crippen molar-refractivity contribution in [2.24, 2.45) is 5.92 Å². The van der Waals surface area contributed by atoms with Crippen LogP contribution in [0.5, 0.6) is 0 Å². The number of rotatable bonds is 1. The molecule has 1 heterocycles. The van der Waals surface area contributed by atoms with E-state index in [2.05, 4.69) is 0 Å². The van der Waals surface area contributed by atoms with Gasteiger partial charge in [0.05, 0.1) is 6.04 Å². The number of ether oxygens (including phenoxy) is 1. The van der Waals surface area contributed by atoms with Crippen molar-refractivity contribution in [3.8, 4) is 0 Å². The molecule has 0 radical (unpaired) electrons. The maximum Gasteiger partial charge on any atom is 0.410 e. The lowest BCUT2D eigenvalue weighted by Gasteiger charge is -2.27. The lowest BCUT2D eigenvalue weighted by Crippen LogP contribution is -2.42. The quantitative estimate of drug-likeness (QED) is 0.690. The van der Waals surface area contributed by atoms with Crippen LogP contribution in [-0.4, -0.2) is 35.0 Å². The lowest BCUT2D eigenvalue weighted by atomic mass is 10.1. The molecule has 1 amide bonds. The molecule has 4 nitrogen and oxygen atoms in total. The van der Waals surface area contributed by atoms with E-state index in [0.717, 1.165) is 6.42 Å². The molecule has 1 aliphatic heterocycles. The van der Waals surface area contributed by atoms with E-state index in [1.165, 1.54) is 6.92 Å². The van der Waals surface area contributed by atoms with Gasteiger partial charge in [0, 0.05) is 6.54 Å². The zero-order valence-electron chi connectivity index (χ0n) is 10.7. The maximum absolute atomic E-state index is 11.9. The number of ketones is 1. The first kappa shape index (κ1) is 13.0. The fourth-order valence-electron chi connectivity index (χ4n) is 1.95. The van der Waals surface area contributed by atoms with Crippen molar-refractivity contribution in [3.63, 3.8) is 0 Å². The number of Topliss-reactive ketones (excluding diaryl/α,β-unsaturated/α-hetero) is 1. The molecular formula is C12H21NO3. The number of carbonyl (C=O) groups excluding carboxylic acids is 2. The van der Waals surface area contributed by atoms with E-state index in [4.69, 9.17) is 4.74 Å². The Morgan fingerprint density at radius 2 is 1.88 bits per heavy atom. The Balaban J connectivity index is 2.71. The number of carbonyl (C=O) groups is 2. The van der Waals surface area contributed by atoms with E-state index in [0.29, 0.717) is 12.5 Å². The molecule has 1 fully saturated rings. The minimum absolute atomic E-state index is 0.0372. The van der Waals surface area contributed by atoms with Crippen molar-refractivity contribution in [1.29, 1.82) is 0 Å². The van der Waals surface area contributed by atoms with E-state index in [9.17, 15) is 9.59 Å². The van der Waals surface area contributed by atoms with Gasteiger partial charge in [-0.05, 0) is 40.0 Å². The van der Waals surface area contributed by atoms with Crippen LogP contribution in [0.15, 0.2) is 0 Å². The summed E-state index contributed by atoms with van der Waals surface area (Å²) in [5, 5.41) is 0. The second-order valence-electron chi connectivity index (χ2n) is 5.60. The average Bonchev–Trinajstić information content (AvgIpc) is 2.44. The summed E-state index contributed by atoms with van der Waals surface area (Å²) in [5.74, 6) is 0.400. The Hall–Kier alpha value is -1.06. The SMILES string of the molecule is CC(=O)C1C[C@@H](C)CN1C(=O)OC(C)(C)C. The first-order valence-corrected chi connectivity index (χ1v) is 5.71. The average molecular weight is 227 g/mol. The van der Waals surface area contributed by atoms with Gasteiger partial charge in [-0.15, -0.1) is 0 Å². The summed E-state index contributed by atoms with van der Waals surface area (Å²) in [6.45, 7) is 9.66. The van der Waals surface area contributed by atoms with Crippen molar-refractivity contribution >= 4 is 11.9 Å². The molecule has 0 saturated carbocycles. The highest BCUT2D eigenvalue weighted by Gasteiger charge is 2.37. The smallest absolute Gasteiger partial charge is 0.410 e. The summed E-state index contributed by atoms with van der Waals surface area (Å²) in [5.41, 5.74) is -0.510. The van der Waals surface area contributed by atoms with Crippen LogP contribution in [0.25, 0.3) is 0 Å². The number of hydrogen-bond donors (Lipinski definition) is 0. The molecule has 0 N–H and O–H groups in total. The van der Waals surface area contributed by atoms with E-state index in [1.807, 2.05) is 27.7 Å². The summed E-state index contributed by atoms with van der Waals surface area (Å²) < 4.78 is 5.29. The Labute approximate surface area is 96.9 Å². The van der Waals surface area contributed by atoms with Crippen molar-refractivity contribution < 1.29 is 14.3 Å². The van der Waals surface area contributed by atoms with Gasteiger partial charge in [-0.1, -0.05) is 6.92 Å². The molecule has 0 aromatic carbocycles. The summed E-state index contributed by atoms with van der Waals surface area (Å²) in [6.07, 6.45) is 0.367. The van der Waals surface area contributed by atoms with Crippen LogP contribution in [-0.2, 0) is 9.53 Å². The molecule has 0 spiro atoms. The van der Waals surface area contributed by atoms with Crippen molar-refractivity contribution in [3.05, 3.63) is 0 Å². The van der Waals surface area contributed by atoms with Gasteiger partial charge in [-0.25, -0.2) is 4.79 Å². The van der Waals surface area contributed by atoms with Crippen LogP contribution < -0.4 is 0 Å². The van der Waals surface area contributed by atoms with Crippen LogP contribution in [0.1, 0.15) is 41.0 Å². The third-order valence-electron chi connectivity index (χ3n) is 2.61. The zero-order valence-corrected chi connectivity index (χ0v) is 10.7. The molecule has 2 atom stereocenters. The Bertz CT molecular complexity index is 293. The van der Waals surface area contributed by atoms with E-state index in [1.54, 1.807) is 4.90 Å². The van der Waals surface area contributed by atoms with Gasteiger partial charge < -0.3 is 4.74 Å².